The van der Waals surface area contributed by atoms with Gasteiger partial charge in [0.15, 0.2) is 11.3 Å². The zero-order valence-electron chi connectivity index (χ0n) is 20.5. The van der Waals surface area contributed by atoms with Gasteiger partial charge in [0.1, 0.15) is 5.54 Å². The number of carbonyl (C=O) groups is 3. The predicted molar refractivity (Wildman–Crippen MR) is 153 cm³/mol. The van der Waals surface area contributed by atoms with E-state index in [1.165, 1.54) is 7.05 Å². The molecule has 2 heterocycles. The number of hydrogen-bond donors (Lipinski definition) is 4. The SMILES string of the molecule is CNC(=O)[C@]1(C(=O)c2ccc(Br)cc2NC2(Cc3cccc(Cl)c3)C(=O)Nc3cc(Cl)ccc32)CCCN1. The van der Waals surface area contributed by atoms with E-state index in [9.17, 15) is 14.4 Å². The van der Waals surface area contributed by atoms with E-state index in [1.54, 1.807) is 42.5 Å². The summed E-state index contributed by atoms with van der Waals surface area (Å²) >= 11 is 16.0. The van der Waals surface area contributed by atoms with Crippen molar-refractivity contribution in [1.82, 2.24) is 10.6 Å². The molecule has 2 atom stereocenters. The number of nitrogens with one attached hydrogen (secondary N) is 4. The van der Waals surface area contributed by atoms with Crippen LogP contribution >= 0.6 is 39.1 Å². The van der Waals surface area contributed by atoms with Crippen LogP contribution in [0.1, 0.15) is 34.3 Å². The van der Waals surface area contributed by atoms with Crippen LogP contribution < -0.4 is 21.3 Å². The first-order chi connectivity index (χ1) is 18.2. The Morgan fingerprint density at radius 2 is 1.84 bits per heavy atom. The molecule has 38 heavy (non-hydrogen) atoms. The molecule has 0 saturated carbocycles. The second-order valence-electron chi connectivity index (χ2n) is 9.51. The molecule has 0 bridgehead atoms. The molecule has 0 radical (unpaired) electrons. The van der Waals surface area contributed by atoms with Crippen LogP contribution in [0.5, 0.6) is 0 Å². The number of anilines is 2. The molecule has 5 rings (SSSR count). The standard InChI is InChI=1S/C28H25BrCl2N4O3/c1-32-25(37)27(10-3-11-33-27)24(36)20-8-6-17(29)13-22(20)35-28(15-16-4-2-5-18(30)12-16)21-9-7-19(31)14-23(21)34-26(28)38/h2,4-9,12-14,33,35H,3,10-11,15H2,1H3,(H,32,37)(H,34,38)/t27-,28?/m1/s1. The van der Waals surface area contributed by atoms with Gasteiger partial charge in [0, 0.05) is 50.5 Å². The topological polar surface area (TPSA) is 99.3 Å². The Balaban J connectivity index is 1.65. The summed E-state index contributed by atoms with van der Waals surface area (Å²) in [4.78, 5) is 40.8. The molecule has 3 aromatic rings. The molecule has 1 saturated heterocycles. The number of rotatable bonds is 7. The first-order valence-corrected chi connectivity index (χ1v) is 13.7. The summed E-state index contributed by atoms with van der Waals surface area (Å²) in [5.74, 6) is -1.05. The Hall–Kier alpha value is -2.91. The molecular formula is C28H25BrCl2N4O3. The number of carbonyl (C=O) groups excluding carboxylic acids is 3. The fourth-order valence-corrected chi connectivity index (χ4v) is 6.11. The van der Waals surface area contributed by atoms with E-state index >= 15 is 0 Å². The van der Waals surface area contributed by atoms with Crippen molar-refractivity contribution in [2.75, 3.05) is 24.2 Å². The zero-order chi connectivity index (χ0) is 27.1. The summed E-state index contributed by atoms with van der Waals surface area (Å²) in [6.07, 6.45) is 1.30. The van der Waals surface area contributed by atoms with Crippen LogP contribution in [0.4, 0.5) is 11.4 Å². The zero-order valence-corrected chi connectivity index (χ0v) is 23.6. The molecule has 0 aliphatic carbocycles. The Bertz CT molecular complexity index is 1460. The van der Waals surface area contributed by atoms with E-state index in [0.29, 0.717) is 56.4 Å². The van der Waals surface area contributed by atoms with E-state index in [4.69, 9.17) is 23.2 Å². The summed E-state index contributed by atoms with van der Waals surface area (Å²) in [7, 11) is 1.52. The van der Waals surface area contributed by atoms with Gasteiger partial charge in [-0.1, -0.05) is 57.3 Å². The maximum Gasteiger partial charge on any atom is 0.255 e. The molecule has 1 unspecified atom stereocenters. The number of benzene rings is 3. The lowest BCUT2D eigenvalue weighted by Crippen LogP contribution is -2.58. The smallest absolute Gasteiger partial charge is 0.255 e. The summed E-state index contributed by atoms with van der Waals surface area (Å²) in [6, 6.07) is 17.7. The average molecular weight is 616 g/mol. The quantitative estimate of drug-likeness (QED) is 0.213. The number of halogens is 3. The highest BCUT2D eigenvalue weighted by molar-refractivity contribution is 9.10. The molecule has 196 valence electrons. The number of ketones is 1. The molecule has 7 nitrogen and oxygen atoms in total. The Morgan fingerprint density at radius 1 is 1.05 bits per heavy atom. The highest BCUT2D eigenvalue weighted by Gasteiger charge is 2.50. The third-order valence-corrected chi connectivity index (χ3v) is 8.13. The van der Waals surface area contributed by atoms with Gasteiger partial charge in [-0.05, 0) is 67.4 Å². The first-order valence-electron chi connectivity index (χ1n) is 12.1. The summed E-state index contributed by atoms with van der Waals surface area (Å²) in [6.45, 7) is 0.549. The van der Waals surface area contributed by atoms with E-state index < -0.39 is 11.1 Å². The molecule has 3 aromatic carbocycles. The summed E-state index contributed by atoms with van der Waals surface area (Å²) < 4.78 is 0.706. The van der Waals surface area contributed by atoms with Gasteiger partial charge in [-0.25, -0.2) is 0 Å². The van der Waals surface area contributed by atoms with E-state index in [0.717, 1.165) is 5.56 Å². The molecule has 2 aliphatic rings. The van der Waals surface area contributed by atoms with Gasteiger partial charge in [-0.2, -0.15) is 0 Å². The molecule has 2 aliphatic heterocycles. The van der Waals surface area contributed by atoms with Crippen LogP contribution in [-0.2, 0) is 21.5 Å². The minimum Gasteiger partial charge on any atom is -0.367 e. The van der Waals surface area contributed by atoms with Gasteiger partial charge < -0.3 is 16.0 Å². The van der Waals surface area contributed by atoms with E-state index in [2.05, 4.69) is 37.2 Å². The molecule has 1 fully saturated rings. The van der Waals surface area contributed by atoms with Gasteiger partial charge in [-0.3, -0.25) is 19.7 Å². The molecule has 0 spiro atoms. The normalized spacial score (nSPS) is 22.1. The van der Waals surface area contributed by atoms with E-state index in [-0.39, 0.29) is 24.0 Å². The lowest BCUT2D eigenvalue weighted by molar-refractivity contribution is -0.125. The van der Waals surface area contributed by atoms with Crippen molar-refractivity contribution in [3.63, 3.8) is 0 Å². The second kappa shape index (κ2) is 10.3. The Kier molecular flexibility index (Phi) is 7.26. The largest absolute Gasteiger partial charge is 0.367 e. The van der Waals surface area contributed by atoms with Crippen LogP contribution in [-0.4, -0.2) is 36.7 Å². The molecule has 4 N–H and O–H groups in total. The summed E-state index contributed by atoms with van der Waals surface area (Å²) in [5.41, 5.74) is 0.134. The van der Waals surface area contributed by atoms with Gasteiger partial charge >= 0.3 is 0 Å². The summed E-state index contributed by atoms with van der Waals surface area (Å²) in [5, 5.41) is 13.2. The molecular weight excluding hydrogens is 591 g/mol. The number of amides is 2. The second-order valence-corrected chi connectivity index (χ2v) is 11.3. The predicted octanol–water partition coefficient (Wildman–Crippen LogP) is 5.31. The maximum atomic E-state index is 14.0. The number of Topliss-reactive ketones (excluding diaryl/α,β-unsaturated/α-hetero) is 1. The monoisotopic (exact) mass is 614 g/mol. The Labute approximate surface area is 238 Å². The van der Waals surface area contributed by atoms with Gasteiger partial charge in [0.25, 0.3) is 5.91 Å². The average Bonchev–Trinajstić information content (AvgIpc) is 3.47. The first kappa shape index (κ1) is 26.7. The van der Waals surface area contributed by atoms with Crippen LogP contribution in [0.3, 0.4) is 0 Å². The van der Waals surface area contributed by atoms with Gasteiger partial charge in [-0.15, -0.1) is 0 Å². The van der Waals surface area contributed by atoms with Crippen molar-refractivity contribution >= 4 is 68.1 Å². The lowest BCUT2D eigenvalue weighted by Gasteiger charge is -2.33. The van der Waals surface area contributed by atoms with Crippen LogP contribution in [0, 0.1) is 0 Å². The third kappa shape index (κ3) is 4.60. The van der Waals surface area contributed by atoms with E-state index in [1.807, 2.05) is 18.2 Å². The van der Waals surface area contributed by atoms with Crippen molar-refractivity contribution in [2.24, 2.45) is 0 Å². The highest BCUT2D eigenvalue weighted by Crippen LogP contribution is 2.43. The van der Waals surface area contributed by atoms with Crippen molar-refractivity contribution < 1.29 is 14.4 Å². The number of fused-ring (bicyclic) bond motifs is 1. The number of hydrogen-bond acceptors (Lipinski definition) is 5. The number of likely N-dealkylation sites (N-methyl/N-ethyl adjacent to an activating group) is 1. The fraction of sp³-hybridized carbons (Fsp3) is 0.250. The molecule has 0 aromatic heterocycles. The van der Waals surface area contributed by atoms with Crippen LogP contribution in [0.2, 0.25) is 10.0 Å². The van der Waals surface area contributed by atoms with Crippen LogP contribution in [0.15, 0.2) is 65.1 Å². The Morgan fingerprint density at radius 3 is 2.55 bits per heavy atom. The molecule has 2 amide bonds. The molecule has 10 heteroatoms. The van der Waals surface area contributed by atoms with Crippen LogP contribution in [0.25, 0.3) is 0 Å². The minimum absolute atomic E-state index is 0.243. The van der Waals surface area contributed by atoms with Gasteiger partial charge in [0.05, 0.1) is 0 Å². The third-order valence-electron chi connectivity index (χ3n) is 7.17. The maximum absolute atomic E-state index is 14.0. The fourth-order valence-electron chi connectivity index (χ4n) is 5.37. The highest BCUT2D eigenvalue weighted by atomic mass is 79.9. The van der Waals surface area contributed by atoms with Crippen molar-refractivity contribution in [1.29, 1.82) is 0 Å². The lowest BCUT2D eigenvalue weighted by atomic mass is 9.82. The minimum atomic E-state index is -1.39. The van der Waals surface area contributed by atoms with Gasteiger partial charge in [0.2, 0.25) is 5.91 Å². The van der Waals surface area contributed by atoms with Crippen molar-refractivity contribution in [2.45, 2.75) is 30.3 Å². The van der Waals surface area contributed by atoms with Crippen molar-refractivity contribution in [3.05, 3.63) is 91.9 Å². The van der Waals surface area contributed by atoms with Crippen molar-refractivity contribution in [3.8, 4) is 0 Å².